The first-order chi connectivity index (χ1) is 19.9. The number of hydrogen-bond acceptors (Lipinski definition) is 4. The normalized spacial score (nSPS) is 11.7. The molecule has 42 heavy (non-hydrogen) atoms. The van der Waals surface area contributed by atoms with E-state index >= 15 is 0 Å². The summed E-state index contributed by atoms with van der Waals surface area (Å²) in [6.07, 6.45) is 7.47. The van der Waals surface area contributed by atoms with E-state index in [1.165, 1.54) is 10.4 Å². The fourth-order valence-corrected chi connectivity index (χ4v) is 12.4. The molecule has 0 spiro atoms. The van der Waals surface area contributed by atoms with Crippen LogP contribution in [0.1, 0.15) is 55.4 Å². The van der Waals surface area contributed by atoms with Crippen molar-refractivity contribution < 1.29 is 15.1 Å². The fraction of sp³-hybridized carbons (Fsp3) is 0.375. The van der Waals surface area contributed by atoms with Gasteiger partial charge >= 0.3 is 25.2 Å². The van der Waals surface area contributed by atoms with E-state index in [1.807, 2.05) is 60.9 Å². The molecule has 0 amide bonds. The van der Waals surface area contributed by atoms with Crippen LogP contribution in [-0.2, 0) is 15.1 Å². The van der Waals surface area contributed by atoms with E-state index in [9.17, 15) is 0 Å². The molecular formula is C32H42Cl3MnN4Si2. The van der Waals surface area contributed by atoms with Crippen molar-refractivity contribution in [2.45, 2.75) is 77.6 Å². The fourth-order valence-electron chi connectivity index (χ4n) is 5.24. The van der Waals surface area contributed by atoms with Crippen molar-refractivity contribution in [2.24, 2.45) is 0 Å². The molecule has 0 radical (unpaired) electrons. The molecule has 0 aliphatic rings. The van der Waals surface area contributed by atoms with Gasteiger partial charge in [-0.25, -0.2) is 0 Å². The Balaban J connectivity index is 0.000000277. The molecule has 0 N–H and O–H groups in total. The van der Waals surface area contributed by atoms with Crippen molar-refractivity contribution >= 4 is 57.4 Å². The second-order valence-corrected chi connectivity index (χ2v) is 24.0. The van der Waals surface area contributed by atoms with Crippen LogP contribution < -0.4 is 10.4 Å². The Kier molecular flexibility index (Phi) is 14.9. The average Bonchev–Trinajstić information content (AvgIpc) is 3.02. The molecule has 10 heteroatoms. The SMILES string of the molecule is CC(C)[Si](Cl)(c1ccc(-c2ccccn2)nc1)C(C)C.CC(C)[Si](Cl)(c1ccc(-c2ccccn2)nc1)C(C)C.[Cl][Mn]. The minimum absolute atomic E-state index is 0.478. The van der Waals surface area contributed by atoms with E-state index in [0.717, 1.165) is 22.8 Å². The van der Waals surface area contributed by atoms with Gasteiger partial charge in [0.1, 0.15) is 0 Å². The molecule has 4 nitrogen and oxygen atoms in total. The topological polar surface area (TPSA) is 51.6 Å². The van der Waals surface area contributed by atoms with Gasteiger partial charge in [-0.2, -0.15) is 22.2 Å². The van der Waals surface area contributed by atoms with Gasteiger partial charge in [0.05, 0.1) is 22.8 Å². The van der Waals surface area contributed by atoms with Gasteiger partial charge in [-0.05, 0) is 68.9 Å². The third kappa shape index (κ3) is 8.75. The average molecular weight is 700 g/mol. The molecule has 0 fully saturated rings. The summed E-state index contributed by atoms with van der Waals surface area (Å²) in [5.41, 5.74) is 5.51. The maximum absolute atomic E-state index is 7.02. The molecule has 4 aromatic rings. The summed E-state index contributed by atoms with van der Waals surface area (Å²) >= 11 is 16.4. The second kappa shape index (κ2) is 17.1. The molecule has 0 aromatic carbocycles. The first-order valence-electron chi connectivity index (χ1n) is 14.2. The zero-order valence-electron chi connectivity index (χ0n) is 25.7. The number of halogens is 3. The first-order valence-corrected chi connectivity index (χ1v) is 22.2. The van der Waals surface area contributed by atoms with E-state index in [-0.39, 0.29) is 0 Å². The van der Waals surface area contributed by atoms with Crippen molar-refractivity contribution in [3.05, 3.63) is 85.5 Å². The van der Waals surface area contributed by atoms with Gasteiger partial charge in [-0.1, -0.05) is 79.7 Å². The molecule has 0 bridgehead atoms. The molecule has 226 valence electrons. The van der Waals surface area contributed by atoms with Crippen LogP contribution in [0.3, 0.4) is 0 Å². The molecule has 0 saturated carbocycles. The summed E-state index contributed by atoms with van der Waals surface area (Å²) < 4.78 is 0. The van der Waals surface area contributed by atoms with Crippen LogP contribution in [0.5, 0.6) is 0 Å². The van der Waals surface area contributed by atoms with Crippen molar-refractivity contribution in [3.8, 4) is 22.8 Å². The Morgan fingerprint density at radius 1 is 0.476 bits per heavy atom. The summed E-state index contributed by atoms with van der Waals surface area (Å²) in [5, 5.41) is 2.42. The van der Waals surface area contributed by atoms with Gasteiger partial charge < -0.3 is 0 Å². The molecule has 0 atom stereocenters. The van der Waals surface area contributed by atoms with E-state index in [1.54, 1.807) is 12.4 Å². The standard InChI is InChI=1S/2C16H21ClN2Si.ClH.Mn/c2*1-12(2)20(17,13(3)4)14-8-9-16(19-11-14)15-7-5-6-10-18-15;;/h2*5-13H,1-4H3;1H;/q;;;+1/p-1. The van der Waals surface area contributed by atoms with E-state index in [0.29, 0.717) is 22.2 Å². The zero-order valence-corrected chi connectivity index (χ0v) is 31.1. The predicted octanol–water partition coefficient (Wildman–Crippen LogP) is 9.40. The summed E-state index contributed by atoms with van der Waals surface area (Å²) in [4.78, 5) is 17.8. The first kappa shape index (κ1) is 36.6. The Bertz CT molecular complexity index is 1200. The van der Waals surface area contributed by atoms with E-state index in [2.05, 4.69) is 113 Å². The van der Waals surface area contributed by atoms with Gasteiger partial charge in [0.2, 0.25) is 0 Å². The van der Waals surface area contributed by atoms with Gasteiger partial charge in [0.15, 0.2) is 14.8 Å². The van der Waals surface area contributed by atoms with Crippen LogP contribution >= 0.6 is 32.3 Å². The Labute approximate surface area is 276 Å². The van der Waals surface area contributed by atoms with Gasteiger partial charge in [-0.15, -0.1) is 0 Å². The van der Waals surface area contributed by atoms with Crippen molar-refractivity contribution in [3.63, 3.8) is 0 Å². The molecule has 0 saturated heterocycles. The summed E-state index contributed by atoms with van der Waals surface area (Å²) in [6.45, 7) is 17.7. The second-order valence-electron chi connectivity index (χ2n) is 11.4. The van der Waals surface area contributed by atoms with Gasteiger partial charge in [0.25, 0.3) is 0 Å². The van der Waals surface area contributed by atoms with Gasteiger partial charge in [0, 0.05) is 24.8 Å². The molecule has 4 aromatic heterocycles. The maximum atomic E-state index is 7.02. The van der Waals surface area contributed by atoms with Gasteiger partial charge in [-0.3, -0.25) is 19.9 Å². The number of rotatable bonds is 8. The number of hydrogen-bond donors (Lipinski definition) is 0. The molecule has 0 aliphatic carbocycles. The van der Waals surface area contributed by atoms with Crippen LogP contribution in [0, 0.1) is 0 Å². The molecule has 0 unspecified atom stereocenters. The molecule has 4 rings (SSSR count). The summed E-state index contributed by atoms with van der Waals surface area (Å²) in [6, 6.07) is 20.0. The summed E-state index contributed by atoms with van der Waals surface area (Å²) in [7, 11) is 0.422. The Morgan fingerprint density at radius 2 is 0.786 bits per heavy atom. The van der Waals surface area contributed by atoms with Crippen LogP contribution in [0.4, 0.5) is 0 Å². The Morgan fingerprint density at radius 3 is 1.00 bits per heavy atom. The van der Waals surface area contributed by atoms with Crippen molar-refractivity contribution in [1.29, 1.82) is 0 Å². The van der Waals surface area contributed by atoms with Crippen LogP contribution in [0.25, 0.3) is 22.8 Å². The van der Waals surface area contributed by atoms with E-state index in [4.69, 9.17) is 22.2 Å². The van der Waals surface area contributed by atoms with Crippen LogP contribution in [0.15, 0.2) is 85.5 Å². The third-order valence-corrected chi connectivity index (χ3v) is 23.3. The number of pyridine rings is 4. The van der Waals surface area contributed by atoms with Crippen molar-refractivity contribution in [1.82, 2.24) is 19.9 Å². The predicted molar refractivity (Wildman–Crippen MR) is 184 cm³/mol. The minimum atomic E-state index is -2.01. The molecular weight excluding hydrogens is 658 g/mol. The van der Waals surface area contributed by atoms with Crippen molar-refractivity contribution in [2.75, 3.05) is 0 Å². The van der Waals surface area contributed by atoms with Crippen LogP contribution in [-0.4, -0.2) is 34.7 Å². The zero-order chi connectivity index (χ0) is 31.5. The quantitative estimate of drug-likeness (QED) is 0.136. The van der Waals surface area contributed by atoms with E-state index < -0.39 is 14.8 Å². The number of nitrogens with zero attached hydrogens (tertiary/aromatic N) is 4. The molecule has 0 aliphatic heterocycles. The third-order valence-electron chi connectivity index (χ3n) is 7.63. The number of aromatic nitrogens is 4. The Hall–Kier alpha value is -1.58. The summed E-state index contributed by atoms with van der Waals surface area (Å²) in [5.74, 6) is 0. The van der Waals surface area contributed by atoms with Crippen LogP contribution in [0.2, 0.25) is 22.2 Å². The monoisotopic (exact) mass is 698 g/mol. The molecule has 4 heterocycles.